The van der Waals surface area contributed by atoms with Gasteiger partial charge in [0.25, 0.3) is 5.91 Å². The van der Waals surface area contributed by atoms with E-state index in [1.165, 1.54) is 11.9 Å². The molecule has 0 atom stereocenters. The summed E-state index contributed by atoms with van der Waals surface area (Å²) in [6.45, 7) is 7.82. The van der Waals surface area contributed by atoms with E-state index in [1.807, 2.05) is 44.2 Å². The van der Waals surface area contributed by atoms with E-state index in [9.17, 15) is 4.79 Å². The Hall–Kier alpha value is -4.14. The van der Waals surface area contributed by atoms with Gasteiger partial charge >= 0.3 is 0 Å². The molecule has 0 saturated carbocycles. The highest BCUT2D eigenvalue weighted by atomic mass is 35.5. The minimum absolute atomic E-state index is 0.131. The molecule has 1 saturated heterocycles. The first-order valence-corrected chi connectivity index (χ1v) is 12.8. The zero-order valence-electron chi connectivity index (χ0n) is 21.3. The molecule has 3 N–H and O–H groups in total. The fourth-order valence-corrected chi connectivity index (χ4v) is 4.40. The number of piperazine rings is 1. The number of hydrogen-bond donors (Lipinski definition) is 3. The highest BCUT2D eigenvalue weighted by Crippen LogP contribution is 2.28. The van der Waals surface area contributed by atoms with E-state index in [-0.39, 0.29) is 17.4 Å². The lowest BCUT2D eigenvalue weighted by atomic mass is 10.1. The number of halogens is 1. The van der Waals surface area contributed by atoms with Crippen molar-refractivity contribution >= 4 is 40.5 Å². The number of anilines is 4. The Bertz CT molecular complexity index is 1400. The van der Waals surface area contributed by atoms with Crippen LogP contribution in [-0.4, -0.2) is 42.1 Å². The number of rotatable bonds is 7. The number of nitrogens with zero attached hydrogens (tertiary/aromatic N) is 3. The second kappa shape index (κ2) is 11.5. The molecule has 1 aliphatic rings. The monoisotopic (exact) mass is 528 g/mol. The Morgan fingerprint density at radius 1 is 0.974 bits per heavy atom. The Balaban J connectivity index is 1.40. The maximum atomic E-state index is 13.3. The zero-order valence-corrected chi connectivity index (χ0v) is 22.0. The van der Waals surface area contributed by atoms with Gasteiger partial charge < -0.3 is 25.6 Å². The predicted octanol–water partition coefficient (Wildman–Crippen LogP) is 5.94. The number of para-hydroxylation sites is 1. The predicted molar refractivity (Wildman–Crippen MR) is 152 cm³/mol. The summed E-state index contributed by atoms with van der Waals surface area (Å²) in [5.41, 5.74) is 4.88. The first kappa shape index (κ1) is 25.5. The molecule has 2 heterocycles. The van der Waals surface area contributed by atoms with Crippen LogP contribution >= 0.6 is 11.6 Å². The molecule has 5 rings (SSSR count). The molecule has 0 aliphatic carbocycles. The van der Waals surface area contributed by atoms with Crippen LogP contribution < -0.4 is 25.6 Å². The summed E-state index contributed by atoms with van der Waals surface area (Å²) >= 11 is 6.03. The fourth-order valence-electron chi connectivity index (χ4n) is 4.27. The lowest BCUT2D eigenvalue weighted by Crippen LogP contribution is -2.43. The molecule has 1 amide bonds. The molecular formula is C29H29ClN6O2. The Morgan fingerprint density at radius 2 is 1.66 bits per heavy atom. The zero-order chi connectivity index (χ0) is 26.5. The van der Waals surface area contributed by atoms with Gasteiger partial charge in [0.2, 0.25) is 11.8 Å². The highest BCUT2D eigenvalue weighted by Gasteiger charge is 2.19. The number of benzene rings is 3. The van der Waals surface area contributed by atoms with Gasteiger partial charge in [0.1, 0.15) is 11.3 Å². The second-order valence-electron chi connectivity index (χ2n) is 9.10. The summed E-state index contributed by atoms with van der Waals surface area (Å²) < 4.78 is 6.04. The molecule has 1 fully saturated rings. The fraction of sp³-hybridized carbons (Fsp3) is 0.207. The van der Waals surface area contributed by atoms with E-state index in [0.29, 0.717) is 16.7 Å². The van der Waals surface area contributed by atoms with Crippen molar-refractivity contribution in [3.05, 3.63) is 94.6 Å². The van der Waals surface area contributed by atoms with Gasteiger partial charge in [-0.25, -0.2) is 4.98 Å². The minimum atomic E-state index is -0.363. The Kier molecular flexibility index (Phi) is 7.72. The van der Waals surface area contributed by atoms with Crippen LogP contribution in [0.5, 0.6) is 11.6 Å². The molecule has 0 spiro atoms. The van der Waals surface area contributed by atoms with Crippen LogP contribution in [0.2, 0.25) is 5.02 Å². The van der Waals surface area contributed by atoms with Gasteiger partial charge in [-0.3, -0.25) is 4.79 Å². The Morgan fingerprint density at radius 3 is 2.34 bits per heavy atom. The quantitative estimate of drug-likeness (QED) is 0.273. The van der Waals surface area contributed by atoms with Crippen molar-refractivity contribution < 1.29 is 9.53 Å². The van der Waals surface area contributed by atoms with Gasteiger partial charge in [0.15, 0.2) is 0 Å². The van der Waals surface area contributed by atoms with E-state index in [0.717, 1.165) is 48.7 Å². The van der Waals surface area contributed by atoms with Crippen LogP contribution in [0.4, 0.5) is 23.0 Å². The van der Waals surface area contributed by atoms with Gasteiger partial charge in [-0.2, -0.15) is 4.98 Å². The normalized spacial score (nSPS) is 13.2. The number of carbonyl (C=O) groups is 1. The van der Waals surface area contributed by atoms with E-state index < -0.39 is 0 Å². The van der Waals surface area contributed by atoms with Gasteiger partial charge in [0, 0.05) is 54.5 Å². The van der Waals surface area contributed by atoms with E-state index in [1.54, 1.807) is 24.3 Å². The molecule has 1 aromatic heterocycles. The first-order chi connectivity index (χ1) is 18.5. The number of aromatic nitrogens is 2. The molecule has 0 unspecified atom stereocenters. The topological polar surface area (TPSA) is 91.4 Å². The molecular weight excluding hydrogens is 500 g/mol. The van der Waals surface area contributed by atoms with Crippen LogP contribution in [0.1, 0.15) is 21.5 Å². The van der Waals surface area contributed by atoms with Crippen molar-refractivity contribution in [2.75, 3.05) is 41.7 Å². The van der Waals surface area contributed by atoms with Crippen molar-refractivity contribution in [3.8, 4) is 11.6 Å². The average Bonchev–Trinajstić information content (AvgIpc) is 2.93. The third kappa shape index (κ3) is 6.04. The van der Waals surface area contributed by atoms with Crippen molar-refractivity contribution in [1.82, 2.24) is 15.3 Å². The maximum Gasteiger partial charge on any atom is 0.262 e. The van der Waals surface area contributed by atoms with Crippen molar-refractivity contribution in [2.45, 2.75) is 13.8 Å². The average molecular weight is 529 g/mol. The third-order valence-electron chi connectivity index (χ3n) is 6.35. The molecule has 0 radical (unpaired) electrons. The maximum absolute atomic E-state index is 13.3. The van der Waals surface area contributed by atoms with Crippen molar-refractivity contribution in [1.29, 1.82) is 0 Å². The standard InChI is InChI=1S/C29H29ClN6O2/c1-19-4-3-5-20(2)26(19)34-27(37)25-18-32-29(35-28(25)38-24-12-6-21(30)7-13-24)33-22-8-10-23(11-9-22)36-16-14-31-15-17-36/h3-13,18,31H,14-17H2,1-2H3,(H,34,37)(H,32,33,35). The molecule has 9 heteroatoms. The van der Waals surface area contributed by atoms with Gasteiger partial charge in [-0.05, 0) is 73.5 Å². The Labute approximate surface area is 227 Å². The van der Waals surface area contributed by atoms with E-state index in [2.05, 4.69) is 43.0 Å². The minimum Gasteiger partial charge on any atom is -0.438 e. The van der Waals surface area contributed by atoms with Crippen LogP contribution in [0.3, 0.4) is 0 Å². The SMILES string of the molecule is Cc1cccc(C)c1NC(=O)c1cnc(Nc2ccc(N3CCNCC3)cc2)nc1Oc1ccc(Cl)cc1. The second-order valence-corrected chi connectivity index (χ2v) is 9.53. The van der Waals surface area contributed by atoms with Crippen molar-refractivity contribution in [3.63, 3.8) is 0 Å². The van der Waals surface area contributed by atoms with Crippen LogP contribution in [-0.2, 0) is 0 Å². The molecule has 8 nitrogen and oxygen atoms in total. The first-order valence-electron chi connectivity index (χ1n) is 12.5. The number of amides is 1. The lowest BCUT2D eigenvalue weighted by Gasteiger charge is -2.29. The summed E-state index contributed by atoms with van der Waals surface area (Å²) in [5.74, 6) is 0.581. The summed E-state index contributed by atoms with van der Waals surface area (Å²) in [6.07, 6.45) is 1.47. The number of ether oxygens (including phenoxy) is 1. The highest BCUT2D eigenvalue weighted by molar-refractivity contribution is 6.30. The summed E-state index contributed by atoms with van der Waals surface area (Å²) in [5, 5.41) is 10.2. The molecule has 1 aliphatic heterocycles. The van der Waals surface area contributed by atoms with Gasteiger partial charge in [-0.1, -0.05) is 29.8 Å². The summed E-state index contributed by atoms with van der Waals surface area (Å²) in [6, 6.07) is 20.9. The van der Waals surface area contributed by atoms with Crippen LogP contribution in [0.15, 0.2) is 72.9 Å². The molecule has 38 heavy (non-hydrogen) atoms. The molecule has 4 aromatic rings. The number of nitrogens with one attached hydrogen (secondary N) is 3. The molecule has 3 aromatic carbocycles. The summed E-state index contributed by atoms with van der Waals surface area (Å²) in [4.78, 5) is 24.6. The van der Waals surface area contributed by atoms with Crippen LogP contribution in [0.25, 0.3) is 0 Å². The van der Waals surface area contributed by atoms with Crippen molar-refractivity contribution in [2.24, 2.45) is 0 Å². The van der Waals surface area contributed by atoms with Gasteiger partial charge in [-0.15, -0.1) is 0 Å². The van der Waals surface area contributed by atoms with E-state index >= 15 is 0 Å². The largest absolute Gasteiger partial charge is 0.438 e. The smallest absolute Gasteiger partial charge is 0.262 e. The van der Waals surface area contributed by atoms with Crippen LogP contribution in [0, 0.1) is 13.8 Å². The lowest BCUT2D eigenvalue weighted by molar-refractivity contribution is 0.102. The number of aryl methyl sites for hydroxylation is 2. The number of carbonyl (C=O) groups excluding carboxylic acids is 1. The molecule has 0 bridgehead atoms. The molecule has 194 valence electrons. The number of hydrogen-bond acceptors (Lipinski definition) is 7. The van der Waals surface area contributed by atoms with E-state index in [4.69, 9.17) is 16.3 Å². The summed E-state index contributed by atoms with van der Waals surface area (Å²) in [7, 11) is 0. The van der Waals surface area contributed by atoms with Gasteiger partial charge in [0.05, 0.1) is 0 Å². The third-order valence-corrected chi connectivity index (χ3v) is 6.60.